The number of halogens is 3. The highest BCUT2D eigenvalue weighted by Gasteiger charge is 2.62. The van der Waals surface area contributed by atoms with Crippen molar-refractivity contribution in [2.24, 2.45) is 0 Å². The second-order valence-corrected chi connectivity index (χ2v) is 10.0. The number of alkyl halides is 3. The third-order valence-corrected chi connectivity index (χ3v) is 8.51. The molecule has 6 heteroatoms. The fourth-order valence-electron chi connectivity index (χ4n) is 6.69. The highest BCUT2D eigenvalue weighted by atomic mass is 19.4. The molecule has 0 saturated heterocycles. The van der Waals surface area contributed by atoms with Gasteiger partial charge in [-0.1, -0.05) is 56.3 Å². The van der Waals surface area contributed by atoms with Crippen LogP contribution in [0, 0.1) is 0 Å². The molecule has 4 aromatic rings. The third kappa shape index (κ3) is 3.25. The Morgan fingerprint density at radius 2 is 1.66 bits per heavy atom. The van der Waals surface area contributed by atoms with Gasteiger partial charge in [-0.3, -0.25) is 4.98 Å². The number of hydrogen-bond donors (Lipinski definition) is 0. The van der Waals surface area contributed by atoms with Crippen molar-refractivity contribution in [3.8, 4) is 16.9 Å². The van der Waals surface area contributed by atoms with Gasteiger partial charge in [-0.25, -0.2) is 0 Å². The van der Waals surface area contributed by atoms with Gasteiger partial charge in [0, 0.05) is 35.8 Å². The predicted octanol–water partition coefficient (Wildman–Crippen LogP) is 8.62. The maximum atomic E-state index is 14.4. The number of aromatic nitrogens is 1. The lowest BCUT2D eigenvalue weighted by Crippen LogP contribution is -2.61. The van der Waals surface area contributed by atoms with Gasteiger partial charge in [-0.15, -0.1) is 0 Å². The van der Waals surface area contributed by atoms with Crippen LogP contribution in [0.3, 0.4) is 0 Å². The number of ether oxygens (including phenoxy) is 1. The molecule has 1 aromatic heterocycles. The molecular weight excluding hydrogens is 485 g/mol. The second kappa shape index (κ2) is 8.62. The Balaban J connectivity index is 1.62. The molecule has 0 fully saturated rings. The van der Waals surface area contributed by atoms with Crippen molar-refractivity contribution >= 4 is 22.5 Å². The summed E-state index contributed by atoms with van der Waals surface area (Å²) in [5.74, 6) is 0.253. The average Bonchev–Trinajstić information content (AvgIpc) is 3.16. The average molecular weight is 515 g/mol. The predicted molar refractivity (Wildman–Crippen MR) is 146 cm³/mol. The standard InChI is InChI=1S/C32H29F3N2O/c1-4-30(5-2)27-20-36-17-15-28(27)37(6-3)31(30)16-14-24-25-18-22(21-10-8-7-9-11-21)12-13-23(25)26(32(33,34)35)19-29(24)38-31/h7-20H,4-6H2,1-3H3. The van der Waals surface area contributed by atoms with Gasteiger partial charge in [0.1, 0.15) is 5.75 Å². The molecule has 0 bridgehead atoms. The number of benzene rings is 3. The summed E-state index contributed by atoms with van der Waals surface area (Å²) in [4.78, 5) is 6.58. The normalized spacial score (nSPS) is 19.5. The zero-order valence-corrected chi connectivity index (χ0v) is 21.6. The minimum absolute atomic E-state index is 0.170. The molecule has 3 nitrogen and oxygen atoms in total. The van der Waals surface area contributed by atoms with Crippen LogP contribution in [0.1, 0.15) is 50.3 Å². The Hall–Kier alpha value is -3.80. The number of anilines is 1. The Kier molecular flexibility index (Phi) is 5.56. The van der Waals surface area contributed by atoms with Gasteiger partial charge in [0.25, 0.3) is 0 Å². The molecule has 3 aromatic carbocycles. The minimum atomic E-state index is -4.53. The minimum Gasteiger partial charge on any atom is -0.463 e. The van der Waals surface area contributed by atoms with Crippen LogP contribution in [0.5, 0.6) is 5.75 Å². The summed E-state index contributed by atoms with van der Waals surface area (Å²) >= 11 is 0. The molecule has 38 heavy (non-hydrogen) atoms. The lowest BCUT2D eigenvalue weighted by atomic mass is 9.69. The molecule has 1 unspecified atom stereocenters. The molecular formula is C32H29F3N2O. The highest BCUT2D eigenvalue weighted by Crippen LogP contribution is 2.58. The number of fused-ring (bicyclic) bond motifs is 4. The van der Waals surface area contributed by atoms with E-state index < -0.39 is 22.9 Å². The Morgan fingerprint density at radius 1 is 0.895 bits per heavy atom. The van der Waals surface area contributed by atoms with Gasteiger partial charge < -0.3 is 9.64 Å². The van der Waals surface area contributed by atoms with E-state index in [1.54, 1.807) is 18.3 Å². The quantitative estimate of drug-likeness (QED) is 0.273. The van der Waals surface area contributed by atoms with Crippen molar-refractivity contribution in [1.82, 2.24) is 4.98 Å². The monoisotopic (exact) mass is 514 g/mol. The van der Waals surface area contributed by atoms with Crippen molar-refractivity contribution in [2.75, 3.05) is 11.4 Å². The summed E-state index contributed by atoms with van der Waals surface area (Å²) in [7, 11) is 0. The molecule has 0 saturated carbocycles. The van der Waals surface area contributed by atoms with Crippen LogP contribution in [0.15, 0.2) is 79.1 Å². The number of nitrogens with zero attached hydrogens (tertiary/aromatic N) is 2. The summed E-state index contributed by atoms with van der Waals surface area (Å²) in [6.45, 7) is 6.91. The summed E-state index contributed by atoms with van der Waals surface area (Å²) in [6.07, 6.45) is 4.65. The van der Waals surface area contributed by atoms with E-state index in [0.29, 0.717) is 17.5 Å². The van der Waals surface area contributed by atoms with E-state index in [1.807, 2.05) is 61.7 Å². The topological polar surface area (TPSA) is 25.4 Å². The largest absolute Gasteiger partial charge is 0.463 e. The Labute approximate surface area is 220 Å². The summed E-state index contributed by atoms with van der Waals surface area (Å²) in [6, 6.07) is 18.1. The summed E-state index contributed by atoms with van der Waals surface area (Å²) < 4.78 is 50.2. The molecule has 194 valence electrons. The summed E-state index contributed by atoms with van der Waals surface area (Å²) in [5, 5.41) is 0.699. The van der Waals surface area contributed by atoms with Crippen LogP contribution in [-0.4, -0.2) is 17.3 Å². The van der Waals surface area contributed by atoms with Crippen molar-refractivity contribution in [3.05, 3.63) is 95.8 Å². The SMILES string of the molecule is CCN1c2ccncc2C(CC)(CC)C12C=Cc1c(cc(C(F)(F)F)c3ccc(-c4ccccc4)cc13)O2. The molecule has 2 aliphatic rings. The zero-order valence-electron chi connectivity index (χ0n) is 21.6. The molecule has 0 N–H and O–H groups in total. The maximum absolute atomic E-state index is 14.4. The maximum Gasteiger partial charge on any atom is 0.417 e. The first-order chi connectivity index (χ1) is 18.3. The van der Waals surface area contributed by atoms with Crippen molar-refractivity contribution in [2.45, 2.75) is 50.9 Å². The van der Waals surface area contributed by atoms with Crippen LogP contribution < -0.4 is 9.64 Å². The van der Waals surface area contributed by atoms with Crippen LogP contribution in [0.4, 0.5) is 18.9 Å². The van der Waals surface area contributed by atoms with E-state index in [2.05, 4.69) is 29.8 Å². The Bertz CT molecular complexity index is 1560. The van der Waals surface area contributed by atoms with E-state index in [0.717, 1.165) is 35.2 Å². The van der Waals surface area contributed by atoms with Crippen LogP contribution in [-0.2, 0) is 11.6 Å². The van der Waals surface area contributed by atoms with Crippen LogP contribution in [0.2, 0.25) is 0 Å². The number of rotatable bonds is 4. The molecule has 1 spiro atoms. The number of pyridine rings is 1. The number of hydrogen-bond acceptors (Lipinski definition) is 3. The van der Waals surface area contributed by atoms with Crippen LogP contribution in [0.25, 0.3) is 28.0 Å². The summed E-state index contributed by atoms with van der Waals surface area (Å²) in [5.41, 5.74) is 2.45. The molecule has 0 radical (unpaired) electrons. The van der Waals surface area contributed by atoms with Gasteiger partial charge in [0.05, 0.1) is 11.0 Å². The fourth-order valence-corrected chi connectivity index (χ4v) is 6.69. The van der Waals surface area contributed by atoms with Crippen molar-refractivity contribution in [3.63, 3.8) is 0 Å². The van der Waals surface area contributed by atoms with Gasteiger partial charge in [0.15, 0.2) is 0 Å². The van der Waals surface area contributed by atoms with Gasteiger partial charge in [-0.05, 0) is 72.0 Å². The van der Waals surface area contributed by atoms with E-state index in [9.17, 15) is 13.2 Å². The van der Waals surface area contributed by atoms with Crippen molar-refractivity contribution < 1.29 is 17.9 Å². The van der Waals surface area contributed by atoms with Crippen molar-refractivity contribution in [1.29, 1.82) is 0 Å². The first-order valence-corrected chi connectivity index (χ1v) is 13.1. The smallest absolute Gasteiger partial charge is 0.417 e. The van der Waals surface area contributed by atoms with Gasteiger partial charge in [-0.2, -0.15) is 13.2 Å². The fraction of sp³-hybridized carbons (Fsp3) is 0.281. The van der Waals surface area contributed by atoms with Gasteiger partial charge >= 0.3 is 6.18 Å². The van der Waals surface area contributed by atoms with E-state index >= 15 is 0 Å². The molecule has 3 heterocycles. The number of likely N-dealkylation sites (N-methyl/N-ethyl adjacent to an activating group) is 1. The molecule has 2 aliphatic heterocycles. The zero-order chi connectivity index (χ0) is 26.7. The molecule has 0 amide bonds. The first kappa shape index (κ1) is 24.5. The van der Waals surface area contributed by atoms with E-state index in [4.69, 9.17) is 4.74 Å². The van der Waals surface area contributed by atoms with Gasteiger partial charge in [0.2, 0.25) is 5.72 Å². The second-order valence-electron chi connectivity index (χ2n) is 10.0. The molecule has 6 rings (SSSR count). The lowest BCUT2D eigenvalue weighted by Gasteiger charge is -2.49. The van der Waals surface area contributed by atoms with Crippen LogP contribution >= 0.6 is 0 Å². The Morgan fingerprint density at radius 3 is 2.34 bits per heavy atom. The highest BCUT2D eigenvalue weighted by molar-refractivity contribution is 5.99. The molecule has 1 atom stereocenters. The first-order valence-electron chi connectivity index (χ1n) is 13.1. The lowest BCUT2D eigenvalue weighted by molar-refractivity contribution is -0.136. The molecule has 0 aliphatic carbocycles. The van der Waals surface area contributed by atoms with E-state index in [1.165, 1.54) is 6.07 Å². The third-order valence-electron chi connectivity index (χ3n) is 8.51. The van der Waals surface area contributed by atoms with E-state index in [-0.39, 0.29) is 11.1 Å².